The summed E-state index contributed by atoms with van der Waals surface area (Å²) in [6.45, 7) is 3.46. The predicted molar refractivity (Wildman–Crippen MR) is 141 cm³/mol. The van der Waals surface area contributed by atoms with Gasteiger partial charge in [-0.2, -0.15) is 0 Å². The molecular weight excluding hydrogens is 456 g/mol. The van der Waals surface area contributed by atoms with Gasteiger partial charge in [-0.3, -0.25) is 4.79 Å². The number of ether oxygens (including phenoxy) is 2. The van der Waals surface area contributed by atoms with Gasteiger partial charge < -0.3 is 29.3 Å². The van der Waals surface area contributed by atoms with Crippen LogP contribution < -0.4 is 14.4 Å². The average Bonchev–Trinajstić information content (AvgIpc) is 2.92. The molecule has 1 amide bonds. The van der Waals surface area contributed by atoms with Crippen LogP contribution in [0.1, 0.15) is 22.0 Å². The van der Waals surface area contributed by atoms with Gasteiger partial charge >= 0.3 is 0 Å². The minimum Gasteiger partial charge on any atom is -0.497 e. The number of pyridine rings is 1. The number of carbonyl (C=O) groups is 1. The standard InChI is InChI=1S/C28H34N4O4/c1-30-14-16-32(17-15-30)27-22(28(34)31(2)19-25(33)20-8-6-5-7-9-20)11-12-24(29-27)23-18-21(35-3)10-13-26(23)36-4/h5-13,18,25,33H,14-17,19H2,1-4H3. The summed E-state index contributed by atoms with van der Waals surface area (Å²) in [4.78, 5) is 24.6. The van der Waals surface area contributed by atoms with Crippen molar-refractivity contribution >= 4 is 11.7 Å². The Bertz CT molecular complexity index is 1180. The second-order valence-corrected chi connectivity index (χ2v) is 9.04. The van der Waals surface area contributed by atoms with Crippen LogP contribution in [-0.2, 0) is 0 Å². The lowest BCUT2D eigenvalue weighted by Crippen LogP contribution is -2.45. The molecule has 1 atom stereocenters. The predicted octanol–water partition coefficient (Wildman–Crippen LogP) is 3.32. The Kier molecular flexibility index (Phi) is 8.07. The molecule has 2 heterocycles. The number of nitrogens with zero attached hydrogens (tertiary/aromatic N) is 4. The average molecular weight is 491 g/mol. The number of methoxy groups -OCH3 is 2. The molecule has 1 N–H and O–H groups in total. The van der Waals surface area contributed by atoms with Crippen LogP contribution in [0.2, 0.25) is 0 Å². The number of aliphatic hydroxyl groups excluding tert-OH is 1. The molecule has 1 unspecified atom stereocenters. The fourth-order valence-electron chi connectivity index (χ4n) is 4.37. The smallest absolute Gasteiger partial charge is 0.257 e. The van der Waals surface area contributed by atoms with Crippen LogP contribution in [0, 0.1) is 0 Å². The lowest BCUT2D eigenvalue weighted by Gasteiger charge is -2.34. The first-order chi connectivity index (χ1) is 17.4. The zero-order valence-corrected chi connectivity index (χ0v) is 21.3. The number of hydrogen-bond donors (Lipinski definition) is 1. The number of likely N-dealkylation sites (N-methyl/N-ethyl adjacent to an activating group) is 2. The Morgan fingerprint density at radius 3 is 2.42 bits per heavy atom. The molecule has 0 saturated carbocycles. The Morgan fingerprint density at radius 1 is 1.03 bits per heavy atom. The largest absolute Gasteiger partial charge is 0.497 e. The Hall–Kier alpha value is -3.62. The summed E-state index contributed by atoms with van der Waals surface area (Å²) in [5.74, 6) is 1.82. The van der Waals surface area contributed by atoms with E-state index < -0.39 is 6.10 Å². The molecule has 36 heavy (non-hydrogen) atoms. The third kappa shape index (κ3) is 5.61. The van der Waals surface area contributed by atoms with Crippen molar-refractivity contribution in [1.82, 2.24) is 14.8 Å². The highest BCUT2D eigenvalue weighted by Gasteiger charge is 2.26. The lowest BCUT2D eigenvalue weighted by molar-refractivity contribution is 0.0681. The summed E-state index contributed by atoms with van der Waals surface area (Å²) in [6, 6.07) is 18.6. The molecule has 1 aliphatic rings. The Labute approximate surface area is 212 Å². The SMILES string of the molecule is COc1ccc(OC)c(-c2ccc(C(=O)N(C)CC(O)c3ccccc3)c(N3CCN(C)CC3)n2)c1. The topological polar surface area (TPSA) is 78.4 Å². The first-order valence-electron chi connectivity index (χ1n) is 12.1. The van der Waals surface area contributed by atoms with Crippen LogP contribution in [-0.4, -0.2) is 86.8 Å². The van der Waals surface area contributed by atoms with Gasteiger partial charge in [-0.25, -0.2) is 4.98 Å². The van der Waals surface area contributed by atoms with E-state index in [2.05, 4.69) is 16.8 Å². The van der Waals surface area contributed by atoms with E-state index in [1.54, 1.807) is 26.2 Å². The molecule has 3 aromatic rings. The van der Waals surface area contributed by atoms with Crippen molar-refractivity contribution in [3.05, 3.63) is 71.8 Å². The summed E-state index contributed by atoms with van der Waals surface area (Å²) in [5.41, 5.74) is 2.77. The van der Waals surface area contributed by atoms with E-state index in [0.29, 0.717) is 28.6 Å². The number of aromatic nitrogens is 1. The van der Waals surface area contributed by atoms with Gasteiger partial charge in [0.15, 0.2) is 0 Å². The number of piperazine rings is 1. The van der Waals surface area contributed by atoms with E-state index in [0.717, 1.165) is 37.3 Å². The highest BCUT2D eigenvalue weighted by Crippen LogP contribution is 2.34. The zero-order chi connectivity index (χ0) is 25.7. The number of carbonyl (C=O) groups excluding carboxylic acids is 1. The minimum atomic E-state index is -0.777. The van der Waals surface area contributed by atoms with Gasteiger partial charge in [-0.1, -0.05) is 30.3 Å². The van der Waals surface area contributed by atoms with Crippen molar-refractivity contribution in [2.75, 3.05) is 65.9 Å². The van der Waals surface area contributed by atoms with Gasteiger partial charge in [-0.15, -0.1) is 0 Å². The van der Waals surface area contributed by atoms with Crippen LogP contribution >= 0.6 is 0 Å². The Morgan fingerprint density at radius 2 is 1.75 bits per heavy atom. The fourth-order valence-corrected chi connectivity index (χ4v) is 4.37. The van der Waals surface area contributed by atoms with Gasteiger partial charge in [0.1, 0.15) is 17.3 Å². The third-order valence-corrected chi connectivity index (χ3v) is 6.57. The van der Waals surface area contributed by atoms with Gasteiger partial charge in [0, 0.05) is 38.8 Å². The second-order valence-electron chi connectivity index (χ2n) is 9.04. The first-order valence-corrected chi connectivity index (χ1v) is 12.1. The van der Waals surface area contributed by atoms with E-state index in [4.69, 9.17) is 14.5 Å². The molecule has 0 bridgehead atoms. The lowest BCUT2D eigenvalue weighted by atomic mass is 10.1. The fraction of sp³-hybridized carbons (Fsp3) is 0.357. The van der Waals surface area contributed by atoms with Crippen molar-refractivity contribution < 1.29 is 19.4 Å². The monoisotopic (exact) mass is 490 g/mol. The molecule has 0 aliphatic carbocycles. The molecule has 8 heteroatoms. The minimum absolute atomic E-state index is 0.177. The summed E-state index contributed by atoms with van der Waals surface area (Å²) in [6.07, 6.45) is -0.777. The van der Waals surface area contributed by atoms with E-state index in [-0.39, 0.29) is 12.5 Å². The molecule has 1 saturated heterocycles. The molecule has 1 aromatic heterocycles. The molecule has 0 radical (unpaired) electrons. The van der Waals surface area contributed by atoms with E-state index in [1.165, 1.54) is 0 Å². The number of aliphatic hydroxyl groups is 1. The highest BCUT2D eigenvalue weighted by atomic mass is 16.5. The first kappa shape index (κ1) is 25.5. The Balaban J connectivity index is 1.69. The normalized spacial score (nSPS) is 14.9. The maximum atomic E-state index is 13.6. The molecule has 190 valence electrons. The maximum Gasteiger partial charge on any atom is 0.257 e. The van der Waals surface area contributed by atoms with Crippen molar-refractivity contribution in [1.29, 1.82) is 0 Å². The maximum absolute atomic E-state index is 13.6. The van der Waals surface area contributed by atoms with E-state index in [1.807, 2.05) is 60.7 Å². The van der Waals surface area contributed by atoms with Crippen molar-refractivity contribution in [2.24, 2.45) is 0 Å². The van der Waals surface area contributed by atoms with Crippen LogP contribution in [0.4, 0.5) is 5.82 Å². The van der Waals surface area contributed by atoms with Crippen LogP contribution in [0.15, 0.2) is 60.7 Å². The molecular formula is C28H34N4O4. The molecule has 8 nitrogen and oxygen atoms in total. The van der Waals surface area contributed by atoms with Crippen molar-refractivity contribution in [3.63, 3.8) is 0 Å². The number of benzene rings is 2. The zero-order valence-electron chi connectivity index (χ0n) is 21.3. The van der Waals surface area contributed by atoms with Crippen LogP contribution in [0.25, 0.3) is 11.3 Å². The van der Waals surface area contributed by atoms with Gasteiger partial charge in [0.05, 0.1) is 38.1 Å². The molecule has 1 fully saturated rings. The number of hydrogen-bond acceptors (Lipinski definition) is 7. The molecule has 2 aromatic carbocycles. The van der Waals surface area contributed by atoms with Gasteiger partial charge in [0.25, 0.3) is 5.91 Å². The van der Waals surface area contributed by atoms with E-state index in [9.17, 15) is 9.90 Å². The quantitative estimate of drug-likeness (QED) is 0.519. The third-order valence-electron chi connectivity index (χ3n) is 6.57. The van der Waals surface area contributed by atoms with Crippen molar-refractivity contribution in [2.45, 2.75) is 6.10 Å². The summed E-state index contributed by atoms with van der Waals surface area (Å²) in [5, 5.41) is 10.7. The van der Waals surface area contributed by atoms with Gasteiger partial charge in [-0.05, 0) is 42.9 Å². The number of amides is 1. The summed E-state index contributed by atoms with van der Waals surface area (Å²) >= 11 is 0. The number of rotatable bonds is 8. The second kappa shape index (κ2) is 11.4. The number of anilines is 1. The molecule has 4 rings (SSSR count). The molecule has 1 aliphatic heterocycles. The summed E-state index contributed by atoms with van der Waals surface area (Å²) in [7, 11) is 7.04. The van der Waals surface area contributed by atoms with Gasteiger partial charge in [0.2, 0.25) is 0 Å². The van der Waals surface area contributed by atoms with Crippen LogP contribution in [0.5, 0.6) is 11.5 Å². The van der Waals surface area contributed by atoms with Crippen LogP contribution in [0.3, 0.4) is 0 Å². The van der Waals surface area contributed by atoms with Crippen molar-refractivity contribution in [3.8, 4) is 22.8 Å². The summed E-state index contributed by atoms with van der Waals surface area (Å²) < 4.78 is 11.0. The van der Waals surface area contributed by atoms with E-state index >= 15 is 0 Å². The molecule has 0 spiro atoms. The highest BCUT2D eigenvalue weighted by molar-refractivity contribution is 5.99.